The van der Waals surface area contributed by atoms with Crippen molar-refractivity contribution < 1.29 is 9.53 Å². The van der Waals surface area contributed by atoms with Gasteiger partial charge in [-0.3, -0.25) is 9.78 Å². The summed E-state index contributed by atoms with van der Waals surface area (Å²) in [7, 11) is 0. The van der Waals surface area contributed by atoms with Gasteiger partial charge in [0.05, 0.1) is 53.3 Å². The normalized spacial score (nSPS) is 13.4. The number of carbonyl (C=O) groups excluding carboxylic acids is 1. The van der Waals surface area contributed by atoms with Crippen molar-refractivity contribution in [3.05, 3.63) is 78.1 Å². The highest BCUT2D eigenvalue weighted by molar-refractivity contribution is 6.05. The van der Waals surface area contributed by atoms with E-state index in [2.05, 4.69) is 32.7 Å². The fourth-order valence-electron chi connectivity index (χ4n) is 3.33. The van der Waals surface area contributed by atoms with E-state index in [1.165, 1.54) is 6.20 Å². The van der Waals surface area contributed by atoms with Gasteiger partial charge in [0.15, 0.2) is 0 Å². The lowest BCUT2D eigenvalue weighted by molar-refractivity contribution is 0.102. The molecule has 0 unspecified atom stereocenters. The van der Waals surface area contributed by atoms with E-state index in [1.807, 2.05) is 18.2 Å². The Hall–Kier alpha value is -3.89. The molecule has 0 aliphatic carbocycles. The number of morpholine rings is 1. The van der Waals surface area contributed by atoms with Crippen LogP contribution in [-0.4, -0.2) is 37.2 Å². The van der Waals surface area contributed by atoms with Crippen LogP contribution in [0, 0.1) is 11.3 Å². The first-order chi connectivity index (χ1) is 14.7. The van der Waals surface area contributed by atoms with Crippen LogP contribution in [0.3, 0.4) is 0 Å². The van der Waals surface area contributed by atoms with Crippen LogP contribution in [0.2, 0.25) is 0 Å². The van der Waals surface area contributed by atoms with E-state index in [9.17, 15) is 10.1 Å². The number of anilines is 4. The number of para-hydroxylation sites is 3. The molecular weight excluding hydrogens is 378 g/mol. The molecule has 1 fully saturated rings. The van der Waals surface area contributed by atoms with E-state index in [-0.39, 0.29) is 5.91 Å². The van der Waals surface area contributed by atoms with Gasteiger partial charge in [-0.2, -0.15) is 5.26 Å². The second-order valence-electron chi connectivity index (χ2n) is 6.82. The quantitative estimate of drug-likeness (QED) is 0.678. The molecule has 4 rings (SSSR count). The first-order valence-corrected chi connectivity index (χ1v) is 9.69. The highest BCUT2D eigenvalue weighted by Crippen LogP contribution is 2.29. The Morgan fingerprint density at radius 2 is 1.77 bits per heavy atom. The fourth-order valence-corrected chi connectivity index (χ4v) is 3.33. The SMILES string of the molecule is N#Cc1ccccc1NC(=O)c1cncc(Nc2ccccc2N2CCOCC2)c1. The Bertz CT molecular complexity index is 1090. The largest absolute Gasteiger partial charge is 0.378 e. The summed E-state index contributed by atoms with van der Waals surface area (Å²) in [6, 6.07) is 18.7. The number of nitrogens with one attached hydrogen (secondary N) is 2. The van der Waals surface area contributed by atoms with E-state index in [1.54, 1.807) is 36.5 Å². The Morgan fingerprint density at radius 1 is 1.03 bits per heavy atom. The van der Waals surface area contributed by atoms with E-state index in [0.717, 1.165) is 24.5 Å². The number of pyridine rings is 1. The third kappa shape index (κ3) is 4.40. The summed E-state index contributed by atoms with van der Waals surface area (Å²) in [4.78, 5) is 19.2. The first kappa shape index (κ1) is 19.4. The van der Waals surface area contributed by atoms with Gasteiger partial charge in [0.25, 0.3) is 5.91 Å². The lowest BCUT2D eigenvalue weighted by atomic mass is 10.1. The van der Waals surface area contributed by atoms with Gasteiger partial charge < -0.3 is 20.3 Å². The first-order valence-electron chi connectivity index (χ1n) is 9.69. The zero-order valence-electron chi connectivity index (χ0n) is 16.3. The molecule has 1 aliphatic rings. The monoisotopic (exact) mass is 399 g/mol. The molecule has 3 aromatic rings. The molecule has 1 aliphatic heterocycles. The van der Waals surface area contributed by atoms with Crippen molar-refractivity contribution in [1.29, 1.82) is 5.26 Å². The third-order valence-corrected chi connectivity index (χ3v) is 4.83. The van der Waals surface area contributed by atoms with Gasteiger partial charge in [-0.15, -0.1) is 0 Å². The van der Waals surface area contributed by atoms with Crippen LogP contribution in [0.1, 0.15) is 15.9 Å². The molecular formula is C23H21N5O2. The van der Waals surface area contributed by atoms with Gasteiger partial charge >= 0.3 is 0 Å². The van der Waals surface area contributed by atoms with Crippen LogP contribution in [0.5, 0.6) is 0 Å². The third-order valence-electron chi connectivity index (χ3n) is 4.83. The van der Waals surface area contributed by atoms with E-state index in [0.29, 0.717) is 35.7 Å². The summed E-state index contributed by atoms with van der Waals surface area (Å²) >= 11 is 0. The van der Waals surface area contributed by atoms with Gasteiger partial charge in [-0.25, -0.2) is 0 Å². The molecule has 7 heteroatoms. The van der Waals surface area contributed by atoms with Gasteiger partial charge in [0, 0.05) is 19.3 Å². The van der Waals surface area contributed by atoms with Gasteiger partial charge in [-0.05, 0) is 30.3 Å². The Balaban J connectivity index is 1.53. The number of hydrogen-bond donors (Lipinski definition) is 2. The molecule has 0 spiro atoms. The minimum absolute atomic E-state index is 0.324. The van der Waals surface area contributed by atoms with Crippen LogP contribution >= 0.6 is 0 Å². The summed E-state index contributed by atoms with van der Waals surface area (Å²) in [5.41, 5.74) is 4.01. The van der Waals surface area contributed by atoms with Crippen molar-refractivity contribution in [3.8, 4) is 6.07 Å². The standard InChI is InChI=1S/C23H21N5O2/c24-14-17-5-1-2-6-20(17)27-23(29)18-13-19(16-25-15-18)26-21-7-3-4-8-22(21)28-9-11-30-12-10-28/h1-8,13,15-16,26H,9-12H2,(H,27,29). The average molecular weight is 399 g/mol. The molecule has 30 heavy (non-hydrogen) atoms. The van der Waals surface area contributed by atoms with Gasteiger partial charge in [0.1, 0.15) is 6.07 Å². The van der Waals surface area contributed by atoms with Crippen LogP contribution in [0.25, 0.3) is 0 Å². The molecule has 1 amide bonds. The number of carbonyl (C=O) groups is 1. The molecule has 0 bridgehead atoms. The molecule has 0 atom stereocenters. The number of nitriles is 1. The Kier molecular flexibility index (Phi) is 5.88. The van der Waals surface area contributed by atoms with Crippen molar-refractivity contribution in [2.75, 3.05) is 41.8 Å². The molecule has 150 valence electrons. The Morgan fingerprint density at radius 3 is 2.57 bits per heavy atom. The zero-order chi connectivity index (χ0) is 20.8. The lowest BCUT2D eigenvalue weighted by Gasteiger charge is -2.30. The summed E-state index contributed by atoms with van der Waals surface area (Å²) in [5.74, 6) is -0.324. The van der Waals surface area contributed by atoms with Crippen LogP contribution < -0.4 is 15.5 Å². The Labute approximate surface area is 174 Å². The van der Waals surface area contributed by atoms with E-state index < -0.39 is 0 Å². The number of aromatic nitrogens is 1. The molecule has 2 N–H and O–H groups in total. The smallest absolute Gasteiger partial charge is 0.257 e. The highest BCUT2D eigenvalue weighted by Gasteiger charge is 2.15. The van der Waals surface area contributed by atoms with Crippen molar-refractivity contribution in [1.82, 2.24) is 4.98 Å². The number of amides is 1. The molecule has 0 saturated carbocycles. The summed E-state index contributed by atoms with van der Waals surface area (Å²) in [5, 5.41) is 15.4. The van der Waals surface area contributed by atoms with Gasteiger partial charge in [0.2, 0.25) is 0 Å². The number of hydrogen-bond acceptors (Lipinski definition) is 6. The zero-order valence-corrected chi connectivity index (χ0v) is 16.3. The minimum Gasteiger partial charge on any atom is -0.378 e. The second-order valence-corrected chi connectivity index (χ2v) is 6.82. The average Bonchev–Trinajstić information content (AvgIpc) is 2.80. The number of ether oxygens (including phenoxy) is 1. The summed E-state index contributed by atoms with van der Waals surface area (Å²) in [6.07, 6.45) is 3.18. The molecule has 2 heterocycles. The van der Waals surface area contributed by atoms with Crippen molar-refractivity contribution in [3.63, 3.8) is 0 Å². The molecule has 1 saturated heterocycles. The number of nitrogens with zero attached hydrogens (tertiary/aromatic N) is 3. The summed E-state index contributed by atoms with van der Waals surface area (Å²) in [6.45, 7) is 3.07. The van der Waals surface area contributed by atoms with Crippen molar-refractivity contribution >= 4 is 28.7 Å². The van der Waals surface area contributed by atoms with E-state index >= 15 is 0 Å². The predicted molar refractivity (Wildman–Crippen MR) is 116 cm³/mol. The topological polar surface area (TPSA) is 90.3 Å². The molecule has 7 nitrogen and oxygen atoms in total. The molecule has 2 aromatic carbocycles. The minimum atomic E-state index is -0.324. The fraction of sp³-hybridized carbons (Fsp3) is 0.174. The van der Waals surface area contributed by atoms with Crippen LogP contribution in [0.4, 0.5) is 22.7 Å². The van der Waals surface area contributed by atoms with E-state index in [4.69, 9.17) is 4.74 Å². The van der Waals surface area contributed by atoms with Crippen molar-refractivity contribution in [2.45, 2.75) is 0 Å². The maximum Gasteiger partial charge on any atom is 0.257 e. The highest BCUT2D eigenvalue weighted by atomic mass is 16.5. The van der Waals surface area contributed by atoms with Crippen molar-refractivity contribution in [2.24, 2.45) is 0 Å². The number of benzene rings is 2. The molecule has 0 radical (unpaired) electrons. The second kappa shape index (κ2) is 9.07. The maximum absolute atomic E-state index is 12.7. The van der Waals surface area contributed by atoms with Crippen LogP contribution in [-0.2, 0) is 4.74 Å². The lowest BCUT2D eigenvalue weighted by Crippen LogP contribution is -2.36. The van der Waals surface area contributed by atoms with Crippen LogP contribution in [0.15, 0.2) is 67.0 Å². The van der Waals surface area contributed by atoms with Gasteiger partial charge in [-0.1, -0.05) is 24.3 Å². The maximum atomic E-state index is 12.7. The molecule has 1 aromatic heterocycles. The number of rotatable bonds is 5. The summed E-state index contributed by atoms with van der Waals surface area (Å²) < 4.78 is 5.45. The predicted octanol–water partition coefficient (Wildman–Crippen LogP) is 3.79.